The third kappa shape index (κ3) is 5.15. The highest BCUT2D eigenvalue weighted by Gasteiger charge is 2.30. The Morgan fingerprint density at radius 2 is 1.84 bits per heavy atom. The largest absolute Gasteiger partial charge is 0.785 e. The number of hydrogen-bond donors (Lipinski definition) is 1. The minimum absolute atomic E-state index is 0.0207. The van der Waals surface area contributed by atoms with Crippen molar-refractivity contribution in [2.24, 2.45) is 0 Å². The van der Waals surface area contributed by atoms with Crippen molar-refractivity contribution in [1.82, 2.24) is 10.4 Å². The van der Waals surface area contributed by atoms with Crippen LogP contribution < -0.4 is 14.8 Å². The van der Waals surface area contributed by atoms with Crippen molar-refractivity contribution in [2.45, 2.75) is 50.3 Å². The van der Waals surface area contributed by atoms with Crippen LogP contribution >= 0.6 is 0 Å². The highest BCUT2D eigenvalue weighted by Crippen LogP contribution is 2.36. The Kier molecular flexibility index (Phi) is 6.70. The van der Waals surface area contributed by atoms with Crippen LogP contribution in [-0.4, -0.2) is 42.3 Å². The molecule has 2 unspecified atom stereocenters. The third-order valence-corrected chi connectivity index (χ3v) is 6.21. The Bertz CT molecular complexity index is 899. The van der Waals surface area contributed by atoms with Crippen LogP contribution in [0.15, 0.2) is 42.5 Å². The van der Waals surface area contributed by atoms with Crippen molar-refractivity contribution in [3.63, 3.8) is 0 Å². The molecule has 0 spiro atoms. The molecule has 1 heterocycles. The Morgan fingerprint density at radius 1 is 1.10 bits per heavy atom. The zero-order chi connectivity index (χ0) is 21.8. The summed E-state index contributed by atoms with van der Waals surface area (Å²) in [5.74, 6) is 1.47. The molecule has 0 radical (unpaired) electrons. The van der Waals surface area contributed by atoms with E-state index in [9.17, 15) is 15.3 Å². The predicted molar refractivity (Wildman–Crippen MR) is 117 cm³/mol. The van der Waals surface area contributed by atoms with E-state index in [2.05, 4.69) is 5.32 Å². The van der Waals surface area contributed by atoms with Gasteiger partial charge in [-0.2, -0.15) is 0 Å². The zero-order valence-corrected chi connectivity index (χ0v) is 17.7. The lowest BCUT2D eigenvalue weighted by molar-refractivity contribution is -0.384. The van der Waals surface area contributed by atoms with Crippen LogP contribution in [0.1, 0.15) is 42.7 Å². The van der Waals surface area contributed by atoms with Gasteiger partial charge in [-0.05, 0) is 55.5 Å². The van der Waals surface area contributed by atoms with E-state index in [4.69, 9.17) is 9.47 Å². The van der Waals surface area contributed by atoms with Crippen LogP contribution in [-0.2, 0) is 6.54 Å². The second-order valence-electron chi connectivity index (χ2n) is 8.30. The molecule has 2 fully saturated rings. The topological polar surface area (TPSA) is 99.9 Å². The number of benzene rings is 2. The van der Waals surface area contributed by atoms with Gasteiger partial charge in [-0.3, -0.25) is 10.1 Å². The van der Waals surface area contributed by atoms with Gasteiger partial charge in [0.1, 0.15) is 0 Å². The van der Waals surface area contributed by atoms with Gasteiger partial charge >= 0.3 is 0 Å². The van der Waals surface area contributed by atoms with E-state index in [1.165, 1.54) is 25.0 Å². The first-order valence-electron chi connectivity index (χ1n) is 10.8. The number of nitro groups is 1. The molecule has 1 saturated heterocycles. The molecule has 2 aromatic carbocycles. The number of nitrogens with one attached hydrogen (secondary N) is 1. The van der Waals surface area contributed by atoms with Gasteiger partial charge in [0, 0.05) is 37.2 Å². The zero-order valence-electron chi connectivity index (χ0n) is 17.7. The average molecular weight is 426 g/mol. The molecule has 2 aromatic rings. The van der Waals surface area contributed by atoms with Gasteiger partial charge in [-0.1, -0.05) is 18.2 Å². The fourth-order valence-corrected chi connectivity index (χ4v) is 4.50. The molecular weight excluding hydrogens is 398 g/mol. The minimum atomic E-state index is -0.408. The maximum atomic E-state index is 12.2. The van der Waals surface area contributed by atoms with Crippen LogP contribution in [0.25, 0.3) is 0 Å². The summed E-state index contributed by atoms with van der Waals surface area (Å²) in [5, 5.41) is 27.6. The van der Waals surface area contributed by atoms with Crippen LogP contribution in [0.3, 0.4) is 0 Å². The molecule has 2 aliphatic rings. The second kappa shape index (κ2) is 9.64. The minimum Gasteiger partial charge on any atom is -0.785 e. The molecule has 0 bridgehead atoms. The van der Waals surface area contributed by atoms with Gasteiger partial charge in [0.25, 0.3) is 5.69 Å². The van der Waals surface area contributed by atoms with Crippen molar-refractivity contribution >= 4 is 5.69 Å². The predicted octanol–water partition coefficient (Wildman–Crippen LogP) is 3.98. The fourth-order valence-electron chi connectivity index (χ4n) is 4.50. The van der Waals surface area contributed by atoms with Gasteiger partial charge < -0.3 is 25.1 Å². The highest BCUT2D eigenvalue weighted by molar-refractivity contribution is 5.45. The lowest BCUT2D eigenvalue weighted by Gasteiger charge is -2.23. The number of nitrogens with zero attached hydrogens (tertiary/aromatic N) is 2. The molecule has 1 N–H and O–H groups in total. The lowest BCUT2D eigenvalue weighted by atomic mass is 9.93. The van der Waals surface area contributed by atoms with Gasteiger partial charge in [-0.25, -0.2) is 0 Å². The van der Waals surface area contributed by atoms with E-state index in [-0.39, 0.29) is 23.8 Å². The van der Waals surface area contributed by atoms with Crippen LogP contribution in [0.5, 0.6) is 11.5 Å². The van der Waals surface area contributed by atoms with E-state index >= 15 is 0 Å². The summed E-state index contributed by atoms with van der Waals surface area (Å²) in [6, 6.07) is 12.4. The monoisotopic (exact) mass is 426 g/mol. The number of ether oxygens (including phenoxy) is 2. The first-order chi connectivity index (χ1) is 15.0. The van der Waals surface area contributed by atoms with Crippen molar-refractivity contribution in [3.8, 4) is 11.5 Å². The fraction of sp³-hybridized carbons (Fsp3) is 0.478. The summed E-state index contributed by atoms with van der Waals surface area (Å²) in [7, 11) is 1.64. The SMILES string of the molecule is COc1ccc(C2CN([O-])CC2NCc2ccc([N+](=O)[O-])cc2)cc1OC1CCCC1. The van der Waals surface area contributed by atoms with Gasteiger partial charge in [0.05, 0.1) is 18.1 Å². The Labute approximate surface area is 181 Å². The van der Waals surface area contributed by atoms with Crippen molar-refractivity contribution < 1.29 is 14.4 Å². The van der Waals surface area contributed by atoms with E-state index in [0.717, 1.165) is 34.8 Å². The Morgan fingerprint density at radius 3 is 2.52 bits per heavy atom. The Hall–Kier alpha value is -2.68. The molecule has 1 saturated carbocycles. The molecule has 8 nitrogen and oxygen atoms in total. The normalized spacial score (nSPS) is 22.0. The van der Waals surface area contributed by atoms with Gasteiger partial charge in [0.2, 0.25) is 0 Å². The van der Waals surface area contributed by atoms with Crippen molar-refractivity contribution in [3.05, 3.63) is 68.9 Å². The molecule has 1 aliphatic heterocycles. The molecule has 8 heteroatoms. The maximum absolute atomic E-state index is 12.2. The van der Waals surface area contributed by atoms with Crippen molar-refractivity contribution in [1.29, 1.82) is 0 Å². The summed E-state index contributed by atoms with van der Waals surface area (Å²) in [6.07, 6.45) is 4.72. The summed E-state index contributed by atoms with van der Waals surface area (Å²) in [6.45, 7) is 1.34. The maximum Gasteiger partial charge on any atom is 0.269 e. The smallest absolute Gasteiger partial charge is 0.269 e. The molecule has 166 valence electrons. The number of hydroxylamine groups is 2. The van der Waals surface area contributed by atoms with Crippen LogP contribution in [0, 0.1) is 15.3 Å². The van der Waals surface area contributed by atoms with Crippen LogP contribution in [0.4, 0.5) is 5.69 Å². The first-order valence-corrected chi connectivity index (χ1v) is 10.8. The molecular formula is C23H28N3O5-. The summed E-state index contributed by atoms with van der Waals surface area (Å²) in [5.41, 5.74) is 2.06. The van der Waals surface area contributed by atoms with Gasteiger partial charge in [0.15, 0.2) is 11.5 Å². The standard InChI is InChI=1S/C23H28N3O5/c1-30-22-11-8-17(12-23(22)31-19-4-2-3-5-19)20-14-25(27)15-21(20)24-13-16-6-9-18(10-7-16)26(28)29/h6-12,19-21,24H,2-5,13-15H2,1H3/q-1. The average Bonchev–Trinajstić information content (AvgIpc) is 3.42. The second-order valence-corrected chi connectivity index (χ2v) is 8.30. The molecule has 2 atom stereocenters. The lowest BCUT2D eigenvalue weighted by Crippen LogP contribution is -2.34. The number of non-ortho nitro benzene ring substituents is 1. The number of hydrogen-bond acceptors (Lipinski definition) is 7. The van der Waals surface area contributed by atoms with E-state index < -0.39 is 4.92 Å². The first kappa shape index (κ1) is 21.5. The van der Waals surface area contributed by atoms with Crippen LogP contribution in [0.2, 0.25) is 0 Å². The van der Waals surface area contributed by atoms with Gasteiger partial charge in [-0.15, -0.1) is 0 Å². The molecule has 0 aromatic heterocycles. The summed E-state index contributed by atoms with van der Waals surface area (Å²) >= 11 is 0. The number of methoxy groups -OCH3 is 1. The van der Waals surface area contributed by atoms with Crippen molar-refractivity contribution in [2.75, 3.05) is 20.2 Å². The number of rotatable bonds is 8. The highest BCUT2D eigenvalue weighted by atomic mass is 16.6. The molecule has 1 aliphatic carbocycles. The molecule has 0 amide bonds. The number of nitro benzene ring substituents is 1. The summed E-state index contributed by atoms with van der Waals surface area (Å²) < 4.78 is 11.7. The summed E-state index contributed by atoms with van der Waals surface area (Å²) in [4.78, 5) is 10.4. The van der Waals surface area contributed by atoms with E-state index in [1.807, 2.05) is 18.2 Å². The molecule has 31 heavy (non-hydrogen) atoms. The Balaban J connectivity index is 1.47. The van der Waals surface area contributed by atoms with E-state index in [1.54, 1.807) is 19.2 Å². The quantitative estimate of drug-likeness (QED) is 0.503. The van der Waals surface area contributed by atoms with E-state index in [0.29, 0.717) is 25.4 Å². The third-order valence-electron chi connectivity index (χ3n) is 6.21. The molecule has 4 rings (SSSR count).